The zero-order valence-corrected chi connectivity index (χ0v) is 22.3. The number of unbranched alkanes of at least 4 members (excludes halogenated alkanes) is 16. The fourth-order valence-corrected chi connectivity index (χ4v) is 4.81. The van der Waals surface area contributed by atoms with Crippen molar-refractivity contribution in [1.29, 1.82) is 0 Å². The third-order valence-corrected chi connectivity index (χ3v) is 7.07. The summed E-state index contributed by atoms with van der Waals surface area (Å²) in [6, 6.07) is 0. The Balaban J connectivity index is 1.92. The van der Waals surface area contributed by atoms with E-state index in [4.69, 9.17) is 5.73 Å². The summed E-state index contributed by atoms with van der Waals surface area (Å²) in [6.45, 7) is 3.97. The lowest BCUT2D eigenvalue weighted by molar-refractivity contribution is -0.808. The molecule has 0 amide bonds. The molecular formula is C29H53N3O2. The van der Waals surface area contributed by atoms with Crippen LogP contribution < -0.4 is 10.8 Å². The third-order valence-electron chi connectivity index (χ3n) is 7.07. The Morgan fingerprint density at radius 2 is 1.35 bits per heavy atom. The molecule has 0 aromatic rings. The van der Waals surface area contributed by atoms with Gasteiger partial charge in [-0.25, -0.2) is 9.48 Å². The van der Waals surface area contributed by atoms with Crippen molar-refractivity contribution in [2.75, 3.05) is 6.54 Å². The first-order chi connectivity index (χ1) is 16.5. The zero-order chi connectivity index (χ0) is 24.9. The summed E-state index contributed by atoms with van der Waals surface area (Å²) in [5, 5.41) is 11.2. The van der Waals surface area contributed by atoms with Crippen LogP contribution in [0.25, 0.3) is 0 Å². The second kappa shape index (κ2) is 19.8. The number of carbonyl (C=O) groups is 1. The Morgan fingerprint density at radius 3 is 1.82 bits per heavy atom. The molecule has 2 atom stereocenters. The highest BCUT2D eigenvalue weighted by Crippen LogP contribution is 2.23. The minimum absolute atomic E-state index is 0.105. The minimum atomic E-state index is -1.09. The Morgan fingerprint density at radius 1 is 0.882 bits per heavy atom. The third kappa shape index (κ3) is 13.4. The van der Waals surface area contributed by atoms with Gasteiger partial charge in [0.05, 0.1) is 12.2 Å². The van der Waals surface area contributed by atoms with Crippen molar-refractivity contribution in [3.8, 4) is 0 Å². The van der Waals surface area contributed by atoms with Crippen molar-refractivity contribution in [3.63, 3.8) is 0 Å². The number of quaternary nitrogens is 1. The lowest BCUT2D eigenvalue weighted by atomic mass is 10.1. The average molecular weight is 476 g/mol. The molecule has 0 aliphatic carbocycles. The van der Waals surface area contributed by atoms with Crippen LogP contribution in [0.1, 0.15) is 136 Å². The molecule has 1 rings (SSSR count). The highest BCUT2D eigenvalue weighted by molar-refractivity contribution is 5.81. The Kier molecular flexibility index (Phi) is 17.8. The second-order valence-electron chi connectivity index (χ2n) is 10.1. The summed E-state index contributed by atoms with van der Waals surface area (Å²) in [5.41, 5.74) is 6.09. The van der Waals surface area contributed by atoms with E-state index < -0.39 is 5.97 Å². The summed E-state index contributed by atoms with van der Waals surface area (Å²) in [7, 11) is 0. The normalized spacial score (nSPS) is 18.6. The summed E-state index contributed by atoms with van der Waals surface area (Å²) in [6.07, 6.45) is 32.4. The average Bonchev–Trinajstić information content (AvgIpc) is 3.20. The molecule has 34 heavy (non-hydrogen) atoms. The lowest BCUT2D eigenvalue weighted by Gasteiger charge is -2.36. The molecule has 5 heteroatoms. The van der Waals surface area contributed by atoms with E-state index in [1.54, 1.807) is 12.4 Å². The van der Waals surface area contributed by atoms with Crippen LogP contribution in [0, 0.1) is 0 Å². The molecular weight excluding hydrogens is 422 g/mol. The van der Waals surface area contributed by atoms with E-state index in [0.29, 0.717) is 0 Å². The second-order valence-corrected chi connectivity index (χ2v) is 10.1. The predicted molar refractivity (Wildman–Crippen MR) is 143 cm³/mol. The van der Waals surface area contributed by atoms with Crippen LogP contribution in [-0.2, 0) is 4.79 Å². The Hall–Kier alpha value is -1.46. The van der Waals surface area contributed by atoms with Crippen molar-refractivity contribution >= 4 is 11.8 Å². The van der Waals surface area contributed by atoms with Crippen molar-refractivity contribution in [2.45, 2.75) is 142 Å². The van der Waals surface area contributed by atoms with Crippen molar-refractivity contribution in [2.24, 2.45) is 10.7 Å². The molecule has 196 valence electrons. The first kappa shape index (κ1) is 30.6. The van der Waals surface area contributed by atoms with E-state index in [0.717, 1.165) is 25.1 Å². The molecule has 0 saturated carbocycles. The lowest BCUT2D eigenvalue weighted by Crippen LogP contribution is -2.60. The smallest absolute Gasteiger partial charge is 0.209 e. The van der Waals surface area contributed by atoms with Crippen molar-refractivity contribution < 1.29 is 14.4 Å². The molecule has 0 aromatic heterocycles. The zero-order valence-electron chi connectivity index (χ0n) is 22.3. The van der Waals surface area contributed by atoms with Gasteiger partial charge in [-0.15, -0.1) is 0 Å². The summed E-state index contributed by atoms with van der Waals surface area (Å²) in [4.78, 5) is 15.6. The number of hydrogen-bond acceptors (Lipinski definition) is 4. The van der Waals surface area contributed by atoms with Crippen LogP contribution in [-0.4, -0.2) is 29.0 Å². The number of carboxylic acid groups (broad SMARTS) is 1. The largest absolute Gasteiger partial charge is 0.544 e. The van der Waals surface area contributed by atoms with E-state index in [1.807, 2.05) is 6.92 Å². The van der Waals surface area contributed by atoms with Crippen LogP contribution >= 0.6 is 0 Å². The number of rotatable bonds is 23. The SMILES string of the molecule is CCCCCCCCCCCC/C=C/CCCCCCCCC1=NC=C[N+]1(CC(=O)[O-])C(C)N. The number of carboxylic acids is 1. The molecule has 1 heterocycles. The van der Waals surface area contributed by atoms with Gasteiger partial charge in [0.25, 0.3) is 0 Å². The Labute approximate surface area is 210 Å². The summed E-state index contributed by atoms with van der Waals surface area (Å²) < 4.78 is 0.105. The minimum Gasteiger partial charge on any atom is -0.544 e. The van der Waals surface area contributed by atoms with Crippen LogP contribution in [0.15, 0.2) is 29.5 Å². The number of aliphatic imine (C=N–C) groups is 1. The number of amidine groups is 1. The number of hydrogen-bond donors (Lipinski definition) is 1. The van der Waals surface area contributed by atoms with E-state index >= 15 is 0 Å². The molecule has 0 bridgehead atoms. The summed E-state index contributed by atoms with van der Waals surface area (Å²) in [5.74, 6) is -0.235. The van der Waals surface area contributed by atoms with Gasteiger partial charge in [-0.2, -0.15) is 0 Å². The van der Waals surface area contributed by atoms with Gasteiger partial charge < -0.3 is 9.90 Å². The van der Waals surface area contributed by atoms with Crippen LogP contribution in [0.3, 0.4) is 0 Å². The fourth-order valence-electron chi connectivity index (χ4n) is 4.81. The molecule has 0 saturated heterocycles. The quantitative estimate of drug-likeness (QED) is 0.101. The molecule has 1 aliphatic rings. The molecule has 2 N–H and O–H groups in total. The van der Waals surface area contributed by atoms with Gasteiger partial charge in [0.15, 0.2) is 0 Å². The predicted octanol–water partition coefficient (Wildman–Crippen LogP) is 6.73. The van der Waals surface area contributed by atoms with Gasteiger partial charge in [0.2, 0.25) is 5.84 Å². The van der Waals surface area contributed by atoms with Gasteiger partial charge in [0.1, 0.15) is 18.9 Å². The first-order valence-corrected chi connectivity index (χ1v) is 14.3. The standard InChI is InChI=1S/C29H53N3O2/c1-3-4-5-6-7-8-9-10-11-12-13-14-15-16-17-18-19-20-21-22-23-28-31-24-25-32(28,27(2)30)26-29(33)34/h14-15,24-25,27H,3-13,16-23,26,30H2,1-2H3/b15-14+. The van der Waals surface area contributed by atoms with E-state index in [9.17, 15) is 9.90 Å². The van der Waals surface area contributed by atoms with Gasteiger partial charge in [-0.05, 0) is 32.1 Å². The topological polar surface area (TPSA) is 78.5 Å². The van der Waals surface area contributed by atoms with Gasteiger partial charge in [-0.3, -0.25) is 5.73 Å². The molecule has 5 nitrogen and oxygen atoms in total. The molecule has 0 fully saturated rings. The number of allylic oxidation sites excluding steroid dienone is 2. The van der Waals surface area contributed by atoms with E-state index in [-0.39, 0.29) is 17.2 Å². The monoisotopic (exact) mass is 475 g/mol. The number of nitrogens with two attached hydrogens (primary N) is 1. The van der Waals surface area contributed by atoms with Crippen molar-refractivity contribution in [1.82, 2.24) is 0 Å². The van der Waals surface area contributed by atoms with Gasteiger partial charge in [0, 0.05) is 13.3 Å². The fraction of sp³-hybridized carbons (Fsp3) is 0.793. The highest BCUT2D eigenvalue weighted by atomic mass is 16.4. The highest BCUT2D eigenvalue weighted by Gasteiger charge is 2.38. The van der Waals surface area contributed by atoms with Gasteiger partial charge in [-0.1, -0.05) is 103 Å². The number of aliphatic carboxylic acids is 1. The van der Waals surface area contributed by atoms with Crippen LogP contribution in [0.4, 0.5) is 0 Å². The van der Waals surface area contributed by atoms with Crippen molar-refractivity contribution in [3.05, 3.63) is 24.6 Å². The van der Waals surface area contributed by atoms with Crippen LogP contribution in [0.2, 0.25) is 0 Å². The Bertz CT molecular complexity index is 612. The van der Waals surface area contributed by atoms with Crippen LogP contribution in [0.5, 0.6) is 0 Å². The molecule has 0 spiro atoms. The first-order valence-electron chi connectivity index (χ1n) is 14.3. The number of nitrogens with zero attached hydrogens (tertiary/aromatic N) is 2. The molecule has 1 aliphatic heterocycles. The molecule has 2 unspecified atom stereocenters. The maximum atomic E-state index is 11.2. The maximum absolute atomic E-state index is 11.2. The molecule has 0 aromatic carbocycles. The maximum Gasteiger partial charge on any atom is 0.209 e. The van der Waals surface area contributed by atoms with Gasteiger partial charge >= 0.3 is 0 Å². The van der Waals surface area contributed by atoms with E-state index in [2.05, 4.69) is 24.1 Å². The van der Waals surface area contributed by atoms with E-state index in [1.165, 1.54) is 103 Å². The number of carbonyl (C=O) groups excluding carboxylic acids is 1. The summed E-state index contributed by atoms with van der Waals surface area (Å²) >= 11 is 0. The molecule has 0 radical (unpaired) electrons.